The van der Waals surface area contributed by atoms with Gasteiger partial charge >= 0.3 is 18.1 Å². The number of benzene rings is 1. The van der Waals surface area contributed by atoms with Crippen LogP contribution in [0.4, 0.5) is 13.2 Å². The Bertz CT molecular complexity index is 1560. The van der Waals surface area contributed by atoms with Gasteiger partial charge in [-0.25, -0.2) is 13.2 Å². The third-order valence-corrected chi connectivity index (χ3v) is 6.82. The summed E-state index contributed by atoms with van der Waals surface area (Å²) < 4.78 is 63.4. The van der Waals surface area contributed by atoms with E-state index >= 15 is 0 Å². The number of pyridine rings is 2. The first-order chi connectivity index (χ1) is 19.7. The molecule has 1 amide bonds. The number of halogens is 3. The zero-order chi connectivity index (χ0) is 31.5. The second kappa shape index (κ2) is 14.9. The van der Waals surface area contributed by atoms with Gasteiger partial charge in [-0.1, -0.05) is 18.2 Å². The number of nitrogens with two attached hydrogens (primary N) is 1. The van der Waals surface area contributed by atoms with E-state index in [9.17, 15) is 41.1 Å². The number of fused-ring (bicyclic) bond motifs is 1. The molecule has 0 spiro atoms. The number of carboxylic acids is 2. The second-order valence-corrected chi connectivity index (χ2v) is 10.4. The van der Waals surface area contributed by atoms with Crippen LogP contribution in [0, 0.1) is 0 Å². The van der Waals surface area contributed by atoms with Crippen LogP contribution in [0.1, 0.15) is 16.8 Å². The number of aromatic nitrogens is 1. The van der Waals surface area contributed by atoms with Gasteiger partial charge in [0, 0.05) is 23.7 Å². The Kier molecular flexibility index (Phi) is 12.0. The van der Waals surface area contributed by atoms with Crippen LogP contribution < -0.4 is 26.7 Å². The molecule has 2 heterocycles. The Balaban J connectivity index is 0.000000782. The standard InChI is InChI=1S/C23H26N4O7S.C2HF3O2/c24-9-4-10-34-18-8-7-17-11-16(12-21(28)27(17)14-18)22(29)25-13-20(23(30)31)26-15-35(32,33)19-5-2-1-3-6-19;3-2(4,5)1(6)7/h1-3,5-8,11-12,14,20,26H,4,9-10,13,15,24H2,(H,25,29)(H,30,31);(H,6,7). The number of rotatable bonds is 12. The maximum absolute atomic E-state index is 12.6. The molecule has 3 aromatic rings. The van der Waals surface area contributed by atoms with E-state index in [0.717, 1.165) is 6.07 Å². The molecule has 6 N–H and O–H groups in total. The van der Waals surface area contributed by atoms with Crippen molar-refractivity contribution < 1.29 is 50.9 Å². The Morgan fingerprint density at radius 1 is 1.05 bits per heavy atom. The molecule has 1 unspecified atom stereocenters. The summed E-state index contributed by atoms with van der Waals surface area (Å²) in [7, 11) is -3.77. The fourth-order valence-corrected chi connectivity index (χ4v) is 4.32. The van der Waals surface area contributed by atoms with Gasteiger partial charge in [-0.3, -0.25) is 24.1 Å². The number of alkyl halides is 3. The molecule has 3 rings (SSSR count). The molecule has 0 aliphatic rings. The van der Waals surface area contributed by atoms with Crippen molar-refractivity contribution in [1.82, 2.24) is 15.0 Å². The van der Waals surface area contributed by atoms with Crippen LogP contribution in [0.15, 0.2) is 70.5 Å². The lowest BCUT2D eigenvalue weighted by Gasteiger charge is -2.16. The molecule has 0 aliphatic heterocycles. The van der Waals surface area contributed by atoms with Crippen molar-refractivity contribution >= 4 is 33.2 Å². The average molecular weight is 617 g/mol. The van der Waals surface area contributed by atoms with Gasteiger partial charge in [-0.2, -0.15) is 13.2 Å². The SMILES string of the molecule is NCCCOc1ccc2cc(C(=O)NCC(NCS(=O)(=O)c3ccccc3)C(=O)O)cc(=O)n2c1.O=C(O)C(F)(F)F. The summed E-state index contributed by atoms with van der Waals surface area (Å²) in [4.78, 5) is 45.6. The quantitative estimate of drug-likeness (QED) is 0.180. The number of aliphatic carboxylic acids is 2. The summed E-state index contributed by atoms with van der Waals surface area (Å²) >= 11 is 0. The summed E-state index contributed by atoms with van der Waals surface area (Å²) in [5.74, 6) is -4.92. The minimum Gasteiger partial charge on any atom is -0.492 e. The van der Waals surface area contributed by atoms with Crippen LogP contribution in [0.2, 0.25) is 0 Å². The number of nitrogens with one attached hydrogen (secondary N) is 2. The highest BCUT2D eigenvalue weighted by atomic mass is 32.2. The topological polar surface area (TPSA) is 207 Å². The third kappa shape index (κ3) is 10.2. The highest BCUT2D eigenvalue weighted by Gasteiger charge is 2.38. The van der Waals surface area contributed by atoms with Crippen LogP contribution in [0.3, 0.4) is 0 Å². The smallest absolute Gasteiger partial charge is 0.490 e. The summed E-state index contributed by atoms with van der Waals surface area (Å²) in [5.41, 5.74) is 5.44. The van der Waals surface area contributed by atoms with Gasteiger partial charge in [0.25, 0.3) is 11.5 Å². The molecule has 0 bridgehead atoms. The largest absolute Gasteiger partial charge is 0.492 e. The molecule has 1 atom stereocenters. The van der Waals surface area contributed by atoms with Crippen LogP contribution in [-0.4, -0.2) is 78.7 Å². The number of sulfone groups is 1. The molecular formula is C25H27F3N4O9S. The van der Waals surface area contributed by atoms with E-state index in [1.165, 1.54) is 28.8 Å². The molecule has 228 valence electrons. The number of carboxylic acid groups (broad SMARTS) is 2. The highest BCUT2D eigenvalue weighted by Crippen LogP contribution is 2.14. The molecule has 0 saturated heterocycles. The van der Waals surface area contributed by atoms with Crippen molar-refractivity contribution in [3.63, 3.8) is 0 Å². The van der Waals surface area contributed by atoms with Crippen molar-refractivity contribution in [1.29, 1.82) is 0 Å². The van der Waals surface area contributed by atoms with E-state index < -0.39 is 57.9 Å². The Morgan fingerprint density at radius 2 is 1.69 bits per heavy atom. The number of hydrogen-bond acceptors (Lipinski definition) is 9. The molecule has 0 fully saturated rings. The van der Waals surface area contributed by atoms with Gasteiger partial charge in [0.05, 0.1) is 17.7 Å². The Labute approximate surface area is 236 Å². The van der Waals surface area contributed by atoms with Crippen molar-refractivity contribution in [3.05, 3.63) is 76.7 Å². The first-order valence-electron chi connectivity index (χ1n) is 12.0. The number of ether oxygens (including phenoxy) is 1. The highest BCUT2D eigenvalue weighted by molar-refractivity contribution is 7.91. The fourth-order valence-electron chi connectivity index (χ4n) is 3.16. The van der Waals surface area contributed by atoms with Crippen LogP contribution in [0.25, 0.3) is 5.52 Å². The van der Waals surface area contributed by atoms with Crippen LogP contribution >= 0.6 is 0 Å². The number of nitrogens with zero attached hydrogens (tertiary/aromatic N) is 1. The number of carbonyl (C=O) groups excluding carboxylic acids is 1. The van der Waals surface area contributed by atoms with Gasteiger partial charge < -0.3 is 26.0 Å². The average Bonchev–Trinajstić information content (AvgIpc) is 2.93. The first kappa shape index (κ1) is 33.7. The maximum atomic E-state index is 12.6. The monoisotopic (exact) mass is 616 g/mol. The van der Waals surface area contributed by atoms with Crippen LogP contribution in [-0.2, 0) is 19.4 Å². The first-order valence-corrected chi connectivity index (χ1v) is 13.6. The Hall–Kier alpha value is -4.48. The predicted molar refractivity (Wildman–Crippen MR) is 142 cm³/mol. The second-order valence-electron chi connectivity index (χ2n) is 8.41. The van der Waals surface area contributed by atoms with E-state index in [2.05, 4.69) is 10.6 Å². The van der Waals surface area contributed by atoms with Crippen molar-refractivity contribution in [2.24, 2.45) is 5.73 Å². The number of carbonyl (C=O) groups is 3. The molecule has 2 aromatic heterocycles. The fraction of sp³-hybridized carbons (Fsp3) is 0.280. The maximum Gasteiger partial charge on any atom is 0.490 e. The molecule has 0 aliphatic carbocycles. The summed E-state index contributed by atoms with van der Waals surface area (Å²) in [6.07, 6.45) is -2.91. The van der Waals surface area contributed by atoms with Crippen molar-refractivity contribution in [2.45, 2.75) is 23.5 Å². The van der Waals surface area contributed by atoms with Gasteiger partial charge in [0.2, 0.25) is 0 Å². The lowest BCUT2D eigenvalue weighted by atomic mass is 10.2. The molecular weight excluding hydrogens is 589 g/mol. The Morgan fingerprint density at radius 3 is 2.26 bits per heavy atom. The van der Waals surface area contributed by atoms with E-state index in [1.807, 2.05) is 0 Å². The third-order valence-electron chi connectivity index (χ3n) is 5.28. The van der Waals surface area contributed by atoms with E-state index in [1.54, 1.807) is 30.3 Å². The molecule has 0 saturated carbocycles. The summed E-state index contributed by atoms with van der Waals surface area (Å²) in [6, 6.07) is 12.1. The van der Waals surface area contributed by atoms with E-state index in [4.69, 9.17) is 20.4 Å². The minimum absolute atomic E-state index is 0.0350. The molecule has 42 heavy (non-hydrogen) atoms. The summed E-state index contributed by atoms with van der Waals surface area (Å²) in [6.45, 7) is 0.488. The summed E-state index contributed by atoms with van der Waals surface area (Å²) in [5, 5.41) is 21.4. The predicted octanol–water partition coefficient (Wildman–Crippen LogP) is 0.864. The molecule has 13 nitrogen and oxygen atoms in total. The van der Waals surface area contributed by atoms with Gasteiger partial charge in [0.15, 0.2) is 9.84 Å². The van der Waals surface area contributed by atoms with Gasteiger partial charge in [0.1, 0.15) is 17.7 Å². The molecule has 0 radical (unpaired) electrons. The minimum atomic E-state index is -5.08. The van der Waals surface area contributed by atoms with E-state index in [0.29, 0.717) is 30.8 Å². The van der Waals surface area contributed by atoms with Crippen molar-refractivity contribution in [2.75, 3.05) is 25.6 Å². The zero-order valence-corrected chi connectivity index (χ0v) is 22.5. The van der Waals surface area contributed by atoms with Crippen molar-refractivity contribution in [3.8, 4) is 5.75 Å². The number of amides is 1. The van der Waals surface area contributed by atoms with Gasteiger partial charge in [-0.05, 0) is 43.3 Å². The lowest BCUT2D eigenvalue weighted by Crippen LogP contribution is -2.47. The lowest BCUT2D eigenvalue weighted by molar-refractivity contribution is -0.192. The number of hydrogen-bond donors (Lipinski definition) is 5. The van der Waals surface area contributed by atoms with Gasteiger partial charge in [-0.15, -0.1) is 0 Å². The normalized spacial score (nSPS) is 12.1. The zero-order valence-electron chi connectivity index (χ0n) is 21.7. The molecule has 17 heteroatoms. The van der Waals surface area contributed by atoms with E-state index in [-0.39, 0.29) is 10.5 Å². The molecule has 1 aromatic carbocycles. The van der Waals surface area contributed by atoms with Crippen LogP contribution in [0.5, 0.6) is 5.75 Å².